The molecule has 2 amide bonds. The Morgan fingerprint density at radius 2 is 2.04 bits per heavy atom. The predicted molar refractivity (Wildman–Crippen MR) is 85.7 cm³/mol. The van der Waals surface area contributed by atoms with Crippen molar-refractivity contribution >= 4 is 11.8 Å². The molecule has 1 aliphatic rings. The zero-order chi connectivity index (χ0) is 17.2. The van der Waals surface area contributed by atoms with Gasteiger partial charge in [-0.2, -0.15) is 0 Å². The number of hydrogen-bond acceptors (Lipinski definition) is 5. The summed E-state index contributed by atoms with van der Waals surface area (Å²) in [6.45, 7) is 2.67. The molecule has 1 N–H and O–H groups in total. The van der Waals surface area contributed by atoms with Gasteiger partial charge in [-0.3, -0.25) is 14.2 Å². The van der Waals surface area contributed by atoms with E-state index >= 15 is 0 Å². The number of hydrogen-bond donors (Lipinski definition) is 1. The molecule has 0 spiro atoms. The topological polar surface area (TPSA) is 89.4 Å². The molecule has 1 aliphatic heterocycles. The summed E-state index contributed by atoms with van der Waals surface area (Å²) >= 11 is 0. The van der Waals surface area contributed by atoms with Gasteiger partial charge in [-0.25, -0.2) is 0 Å². The number of ether oxygens (including phenoxy) is 1. The van der Waals surface area contributed by atoms with Crippen molar-refractivity contribution in [3.63, 3.8) is 0 Å². The molecule has 0 unspecified atom stereocenters. The van der Waals surface area contributed by atoms with Crippen LogP contribution in [0.3, 0.4) is 0 Å². The molecule has 1 aromatic heterocycles. The molecule has 8 nitrogen and oxygen atoms in total. The van der Waals surface area contributed by atoms with Crippen LogP contribution in [0.4, 0.5) is 0 Å². The van der Waals surface area contributed by atoms with Crippen LogP contribution in [0.2, 0.25) is 0 Å². The lowest BCUT2D eigenvalue weighted by Gasteiger charge is -2.39. The van der Waals surface area contributed by atoms with E-state index in [1.165, 1.54) is 0 Å². The molecule has 1 saturated heterocycles. The number of carbonyl (C=O) groups excluding carboxylic acids is 2. The lowest BCUT2D eigenvalue weighted by Crippen LogP contribution is -2.58. The molecule has 0 radical (unpaired) electrons. The van der Waals surface area contributed by atoms with Crippen LogP contribution >= 0.6 is 0 Å². The number of nitrogens with one attached hydrogen (secondary N) is 1. The zero-order valence-corrected chi connectivity index (χ0v) is 13.6. The number of rotatable bonds is 3. The third-order valence-electron chi connectivity index (χ3n) is 4.08. The van der Waals surface area contributed by atoms with Gasteiger partial charge in [0, 0.05) is 24.8 Å². The number of aromatic nitrogens is 3. The Morgan fingerprint density at radius 1 is 1.29 bits per heavy atom. The van der Waals surface area contributed by atoms with Crippen molar-refractivity contribution in [1.29, 1.82) is 0 Å². The first-order valence-corrected chi connectivity index (χ1v) is 7.64. The Labute approximate surface area is 139 Å². The summed E-state index contributed by atoms with van der Waals surface area (Å²) in [4.78, 5) is 26.5. The second kappa shape index (κ2) is 6.40. The second-order valence-corrected chi connectivity index (χ2v) is 5.80. The second-order valence-electron chi connectivity index (χ2n) is 5.80. The number of likely N-dealkylation sites (N-methyl/N-ethyl adjacent to an activating group) is 1. The quantitative estimate of drug-likeness (QED) is 0.871. The molecule has 0 aliphatic carbocycles. The maximum Gasteiger partial charge on any atom is 0.254 e. The lowest BCUT2D eigenvalue weighted by molar-refractivity contribution is -0.153. The van der Waals surface area contributed by atoms with Crippen molar-refractivity contribution in [1.82, 2.24) is 25.0 Å². The molecule has 2 aromatic rings. The highest BCUT2D eigenvalue weighted by Crippen LogP contribution is 2.20. The fourth-order valence-electron chi connectivity index (χ4n) is 2.76. The third kappa shape index (κ3) is 3.00. The van der Waals surface area contributed by atoms with E-state index in [4.69, 9.17) is 4.74 Å². The highest BCUT2D eigenvalue weighted by Gasteiger charge is 2.40. The Hall–Kier alpha value is -2.74. The van der Waals surface area contributed by atoms with E-state index in [1.54, 1.807) is 54.3 Å². The first-order valence-electron chi connectivity index (χ1n) is 7.64. The Kier molecular flexibility index (Phi) is 4.30. The monoisotopic (exact) mass is 329 g/mol. The smallest absolute Gasteiger partial charge is 0.254 e. The largest absolute Gasteiger partial charge is 0.362 e. The third-order valence-corrected chi connectivity index (χ3v) is 4.08. The van der Waals surface area contributed by atoms with Crippen LogP contribution in [0.1, 0.15) is 17.3 Å². The number of amides is 2. The minimum absolute atomic E-state index is 0.136. The first kappa shape index (κ1) is 16.1. The summed E-state index contributed by atoms with van der Waals surface area (Å²) in [6, 6.07) is 7.20. The van der Waals surface area contributed by atoms with Gasteiger partial charge in [0.1, 0.15) is 12.7 Å². The average Bonchev–Trinajstić information content (AvgIpc) is 3.15. The summed E-state index contributed by atoms with van der Waals surface area (Å²) < 4.78 is 7.32. The molecule has 24 heavy (non-hydrogen) atoms. The van der Waals surface area contributed by atoms with Gasteiger partial charge in [0.2, 0.25) is 0 Å². The number of carbonyl (C=O) groups is 2. The van der Waals surface area contributed by atoms with Crippen molar-refractivity contribution in [2.24, 2.45) is 0 Å². The predicted octanol–water partition coefficient (Wildman–Crippen LogP) is 0.244. The van der Waals surface area contributed by atoms with Crippen LogP contribution in [0.5, 0.6) is 0 Å². The van der Waals surface area contributed by atoms with Gasteiger partial charge < -0.3 is 15.0 Å². The van der Waals surface area contributed by atoms with E-state index in [-0.39, 0.29) is 18.4 Å². The van der Waals surface area contributed by atoms with E-state index in [1.807, 2.05) is 6.07 Å². The molecule has 126 valence electrons. The van der Waals surface area contributed by atoms with E-state index in [9.17, 15) is 9.59 Å². The maximum absolute atomic E-state index is 12.8. The van der Waals surface area contributed by atoms with E-state index in [2.05, 4.69) is 15.5 Å². The molecule has 0 saturated carbocycles. The van der Waals surface area contributed by atoms with Crippen LogP contribution in [0.25, 0.3) is 5.69 Å². The summed E-state index contributed by atoms with van der Waals surface area (Å²) in [7, 11) is 1.56. The van der Waals surface area contributed by atoms with Crippen LogP contribution in [0, 0.1) is 0 Å². The van der Waals surface area contributed by atoms with Gasteiger partial charge in [0.05, 0.1) is 13.2 Å². The fourth-order valence-corrected chi connectivity index (χ4v) is 2.76. The summed E-state index contributed by atoms with van der Waals surface area (Å²) in [5.74, 6) is -0.374. The standard InChI is InChI=1S/C16H19N5O3/c1-16(15(23)17-2)9-20(6-7-24-16)14(22)12-4-3-5-13(8-12)21-10-18-19-11-21/h3-5,8,10-11H,6-7,9H2,1-2H3,(H,17,23)/t16-/m0/s1. The minimum Gasteiger partial charge on any atom is -0.362 e. The minimum atomic E-state index is -1.03. The molecule has 1 atom stereocenters. The summed E-state index contributed by atoms with van der Waals surface area (Å²) in [5.41, 5.74) is 0.310. The molecule has 8 heteroatoms. The lowest BCUT2D eigenvalue weighted by atomic mass is 10.0. The van der Waals surface area contributed by atoms with Gasteiger partial charge in [-0.05, 0) is 25.1 Å². The molecule has 1 aromatic carbocycles. The van der Waals surface area contributed by atoms with Crippen LogP contribution in [0.15, 0.2) is 36.9 Å². The summed E-state index contributed by atoms with van der Waals surface area (Å²) in [5, 5.41) is 10.1. The highest BCUT2D eigenvalue weighted by atomic mass is 16.5. The van der Waals surface area contributed by atoms with Crippen molar-refractivity contribution in [2.45, 2.75) is 12.5 Å². The van der Waals surface area contributed by atoms with E-state index in [0.29, 0.717) is 18.7 Å². The first-order chi connectivity index (χ1) is 11.5. The van der Waals surface area contributed by atoms with Crippen molar-refractivity contribution in [3.8, 4) is 5.69 Å². The summed E-state index contributed by atoms with van der Waals surface area (Å²) in [6.07, 6.45) is 3.14. The van der Waals surface area contributed by atoms with Gasteiger partial charge in [0.25, 0.3) is 11.8 Å². The Balaban J connectivity index is 1.81. The molecule has 0 bridgehead atoms. The van der Waals surface area contributed by atoms with Crippen molar-refractivity contribution in [2.75, 3.05) is 26.7 Å². The van der Waals surface area contributed by atoms with Crippen molar-refractivity contribution in [3.05, 3.63) is 42.5 Å². The highest BCUT2D eigenvalue weighted by molar-refractivity contribution is 5.95. The molecular formula is C16H19N5O3. The van der Waals surface area contributed by atoms with Crippen molar-refractivity contribution < 1.29 is 14.3 Å². The van der Waals surface area contributed by atoms with Gasteiger partial charge in [-0.15, -0.1) is 10.2 Å². The van der Waals surface area contributed by atoms with Gasteiger partial charge >= 0.3 is 0 Å². The molecule has 1 fully saturated rings. The maximum atomic E-state index is 12.8. The average molecular weight is 329 g/mol. The van der Waals surface area contributed by atoms with Gasteiger partial charge in [-0.1, -0.05) is 6.07 Å². The van der Waals surface area contributed by atoms with Crippen LogP contribution in [-0.2, 0) is 9.53 Å². The Morgan fingerprint density at radius 3 is 2.75 bits per heavy atom. The van der Waals surface area contributed by atoms with Crippen LogP contribution < -0.4 is 5.32 Å². The fraction of sp³-hybridized carbons (Fsp3) is 0.375. The zero-order valence-electron chi connectivity index (χ0n) is 13.6. The normalized spacial score (nSPS) is 20.7. The van der Waals surface area contributed by atoms with E-state index in [0.717, 1.165) is 5.69 Å². The Bertz CT molecular complexity index is 746. The number of nitrogens with zero attached hydrogens (tertiary/aromatic N) is 4. The molecular weight excluding hydrogens is 310 g/mol. The van der Waals surface area contributed by atoms with E-state index < -0.39 is 5.60 Å². The molecule has 3 rings (SSSR count). The van der Waals surface area contributed by atoms with Gasteiger partial charge in [0.15, 0.2) is 5.60 Å². The number of benzene rings is 1. The van der Waals surface area contributed by atoms with Crippen LogP contribution in [-0.4, -0.2) is 63.8 Å². The number of morpholine rings is 1. The molecule has 2 heterocycles. The SMILES string of the molecule is CNC(=O)[C@]1(C)CN(C(=O)c2cccc(-n3cnnc3)c2)CCO1.